The molecule has 3 heteroatoms. The van der Waals surface area contributed by atoms with E-state index in [9.17, 15) is 4.79 Å². The molecule has 1 unspecified atom stereocenters. The van der Waals surface area contributed by atoms with Gasteiger partial charge in [0.25, 0.3) is 0 Å². The molecule has 1 radical (unpaired) electrons. The SMILES string of the molecule is COC(OC(=O)c1[c]cccc1)c1ccccc1. The highest BCUT2D eigenvalue weighted by molar-refractivity contribution is 5.89. The molecular formula is C15H13O3. The fraction of sp³-hybridized carbons (Fsp3) is 0.133. The van der Waals surface area contributed by atoms with Gasteiger partial charge in [0.1, 0.15) is 0 Å². The second-order valence-electron chi connectivity index (χ2n) is 3.66. The maximum Gasteiger partial charge on any atom is 0.341 e. The molecule has 2 aromatic rings. The lowest BCUT2D eigenvalue weighted by Crippen LogP contribution is -2.13. The fourth-order valence-corrected chi connectivity index (χ4v) is 1.54. The average molecular weight is 241 g/mol. The Labute approximate surface area is 106 Å². The highest BCUT2D eigenvalue weighted by Crippen LogP contribution is 2.19. The zero-order chi connectivity index (χ0) is 12.8. The van der Waals surface area contributed by atoms with Gasteiger partial charge in [0.2, 0.25) is 6.29 Å². The summed E-state index contributed by atoms with van der Waals surface area (Å²) >= 11 is 0. The Balaban J connectivity index is 2.10. The van der Waals surface area contributed by atoms with Crippen LogP contribution >= 0.6 is 0 Å². The minimum Gasteiger partial charge on any atom is -0.428 e. The van der Waals surface area contributed by atoms with Gasteiger partial charge in [-0.25, -0.2) is 4.79 Å². The molecule has 0 saturated heterocycles. The van der Waals surface area contributed by atoms with Crippen LogP contribution in [0, 0.1) is 6.07 Å². The molecular weight excluding hydrogens is 228 g/mol. The smallest absolute Gasteiger partial charge is 0.341 e. The van der Waals surface area contributed by atoms with Crippen molar-refractivity contribution in [2.24, 2.45) is 0 Å². The third-order valence-electron chi connectivity index (χ3n) is 2.43. The minimum atomic E-state index is -0.702. The molecule has 0 N–H and O–H groups in total. The molecule has 3 nitrogen and oxygen atoms in total. The number of rotatable bonds is 4. The second-order valence-corrected chi connectivity index (χ2v) is 3.66. The van der Waals surface area contributed by atoms with Crippen molar-refractivity contribution in [1.29, 1.82) is 0 Å². The first kappa shape index (κ1) is 12.3. The highest BCUT2D eigenvalue weighted by atomic mass is 16.7. The maximum atomic E-state index is 11.9. The molecule has 0 aromatic heterocycles. The Morgan fingerprint density at radius 3 is 2.44 bits per heavy atom. The van der Waals surface area contributed by atoms with Gasteiger partial charge in [-0.1, -0.05) is 48.5 Å². The van der Waals surface area contributed by atoms with Gasteiger partial charge in [-0.2, -0.15) is 0 Å². The van der Waals surface area contributed by atoms with Crippen LogP contribution in [0.2, 0.25) is 0 Å². The Bertz CT molecular complexity index is 494. The molecule has 0 aliphatic carbocycles. The van der Waals surface area contributed by atoms with Crippen LogP contribution in [0.1, 0.15) is 22.2 Å². The molecule has 2 aromatic carbocycles. The quantitative estimate of drug-likeness (QED) is 0.609. The minimum absolute atomic E-state index is 0.385. The average Bonchev–Trinajstić information content (AvgIpc) is 2.46. The second kappa shape index (κ2) is 5.98. The molecule has 0 heterocycles. The van der Waals surface area contributed by atoms with Crippen molar-refractivity contribution in [2.75, 3.05) is 7.11 Å². The number of carbonyl (C=O) groups is 1. The Morgan fingerprint density at radius 2 is 1.83 bits per heavy atom. The zero-order valence-corrected chi connectivity index (χ0v) is 10.00. The normalized spacial score (nSPS) is 11.8. The van der Waals surface area contributed by atoms with Crippen molar-refractivity contribution >= 4 is 5.97 Å². The Morgan fingerprint density at radius 1 is 1.11 bits per heavy atom. The van der Waals surface area contributed by atoms with E-state index in [1.165, 1.54) is 7.11 Å². The summed E-state index contributed by atoms with van der Waals surface area (Å²) in [5.41, 5.74) is 1.18. The van der Waals surface area contributed by atoms with Gasteiger partial charge < -0.3 is 9.47 Å². The summed E-state index contributed by atoms with van der Waals surface area (Å²) in [6.45, 7) is 0. The number of ether oxygens (including phenoxy) is 2. The van der Waals surface area contributed by atoms with Crippen LogP contribution in [0.4, 0.5) is 0 Å². The van der Waals surface area contributed by atoms with Gasteiger partial charge in [-0.05, 0) is 12.1 Å². The van der Waals surface area contributed by atoms with Gasteiger partial charge in [-0.3, -0.25) is 0 Å². The van der Waals surface area contributed by atoms with E-state index in [0.29, 0.717) is 5.56 Å². The standard InChI is InChI=1S/C15H13O3/c1-17-15(13-10-6-3-7-11-13)18-14(16)12-8-4-2-5-9-12/h2-8,10-11,15H,1H3. The molecule has 0 aliphatic rings. The van der Waals surface area contributed by atoms with Crippen molar-refractivity contribution in [1.82, 2.24) is 0 Å². The number of methoxy groups -OCH3 is 1. The largest absolute Gasteiger partial charge is 0.428 e. The summed E-state index contributed by atoms with van der Waals surface area (Å²) in [6, 6.07) is 19.0. The van der Waals surface area contributed by atoms with E-state index in [4.69, 9.17) is 9.47 Å². The van der Waals surface area contributed by atoms with Crippen molar-refractivity contribution in [3.8, 4) is 0 Å². The van der Waals surface area contributed by atoms with E-state index < -0.39 is 12.3 Å². The molecule has 0 saturated carbocycles. The summed E-state index contributed by atoms with van der Waals surface area (Å²) in [5, 5.41) is 0. The van der Waals surface area contributed by atoms with Crippen molar-refractivity contribution in [3.05, 3.63) is 71.8 Å². The van der Waals surface area contributed by atoms with Crippen LogP contribution in [-0.4, -0.2) is 13.1 Å². The molecule has 1 atom stereocenters. The van der Waals surface area contributed by atoms with Gasteiger partial charge >= 0.3 is 5.97 Å². The summed E-state index contributed by atoms with van der Waals surface area (Å²) < 4.78 is 10.5. The summed E-state index contributed by atoms with van der Waals surface area (Å²) in [4.78, 5) is 11.9. The molecule has 18 heavy (non-hydrogen) atoms. The molecule has 0 fully saturated rings. The van der Waals surface area contributed by atoms with E-state index in [1.54, 1.807) is 24.3 Å². The third-order valence-corrected chi connectivity index (χ3v) is 2.43. The van der Waals surface area contributed by atoms with Crippen LogP contribution in [0.3, 0.4) is 0 Å². The summed E-state index contributed by atoms with van der Waals surface area (Å²) in [5.74, 6) is -0.452. The first-order chi connectivity index (χ1) is 8.81. The lowest BCUT2D eigenvalue weighted by atomic mass is 10.2. The number of carbonyl (C=O) groups excluding carboxylic acids is 1. The van der Waals surface area contributed by atoms with Crippen LogP contribution < -0.4 is 0 Å². The lowest BCUT2D eigenvalue weighted by Gasteiger charge is -2.16. The van der Waals surface area contributed by atoms with E-state index in [2.05, 4.69) is 6.07 Å². The molecule has 0 bridgehead atoms. The number of esters is 1. The van der Waals surface area contributed by atoms with Gasteiger partial charge in [0.05, 0.1) is 5.56 Å². The Hall–Kier alpha value is -2.13. The number of hydrogen-bond acceptors (Lipinski definition) is 3. The molecule has 0 amide bonds. The summed E-state index contributed by atoms with van der Waals surface area (Å²) in [6.07, 6.45) is -0.702. The number of hydrogen-bond donors (Lipinski definition) is 0. The lowest BCUT2D eigenvalue weighted by molar-refractivity contribution is -0.0927. The first-order valence-corrected chi connectivity index (χ1v) is 5.56. The topological polar surface area (TPSA) is 35.5 Å². The van der Waals surface area contributed by atoms with Crippen LogP contribution in [0.25, 0.3) is 0 Å². The first-order valence-electron chi connectivity index (χ1n) is 5.56. The monoisotopic (exact) mass is 241 g/mol. The van der Waals surface area contributed by atoms with Crippen molar-refractivity contribution < 1.29 is 14.3 Å². The molecule has 0 aliphatic heterocycles. The predicted molar refractivity (Wildman–Crippen MR) is 66.9 cm³/mol. The van der Waals surface area contributed by atoms with Crippen LogP contribution in [-0.2, 0) is 9.47 Å². The molecule has 0 spiro atoms. The molecule has 91 valence electrons. The van der Waals surface area contributed by atoms with E-state index in [-0.39, 0.29) is 0 Å². The van der Waals surface area contributed by atoms with E-state index in [1.807, 2.05) is 30.3 Å². The van der Waals surface area contributed by atoms with Crippen molar-refractivity contribution in [2.45, 2.75) is 6.29 Å². The zero-order valence-electron chi connectivity index (χ0n) is 10.00. The summed E-state index contributed by atoms with van der Waals surface area (Å²) in [7, 11) is 1.50. The maximum absolute atomic E-state index is 11.9. The van der Waals surface area contributed by atoms with Gasteiger partial charge in [-0.15, -0.1) is 0 Å². The fourth-order valence-electron chi connectivity index (χ4n) is 1.54. The van der Waals surface area contributed by atoms with Gasteiger partial charge in [0, 0.05) is 12.7 Å². The number of benzene rings is 2. The van der Waals surface area contributed by atoms with E-state index in [0.717, 1.165) is 5.56 Å². The third kappa shape index (κ3) is 2.96. The highest BCUT2D eigenvalue weighted by Gasteiger charge is 2.16. The van der Waals surface area contributed by atoms with E-state index >= 15 is 0 Å². The van der Waals surface area contributed by atoms with Crippen LogP contribution in [0.15, 0.2) is 54.6 Å². The predicted octanol–water partition coefficient (Wildman–Crippen LogP) is 2.99. The molecule has 2 rings (SSSR count). The van der Waals surface area contributed by atoms with Crippen molar-refractivity contribution in [3.63, 3.8) is 0 Å². The van der Waals surface area contributed by atoms with Gasteiger partial charge in [0.15, 0.2) is 0 Å². The van der Waals surface area contributed by atoms with Crippen LogP contribution in [0.5, 0.6) is 0 Å². The Kier molecular flexibility index (Phi) is 4.10.